The number of nitrogens with zero attached hydrogens (tertiary/aromatic N) is 2. The molecule has 28 heavy (non-hydrogen) atoms. The first-order chi connectivity index (χ1) is 13.8. The van der Waals surface area contributed by atoms with Gasteiger partial charge >= 0.3 is 0 Å². The zero-order valence-corrected chi connectivity index (χ0v) is 17.5. The quantitative estimate of drug-likeness (QED) is 0.503. The van der Waals surface area contributed by atoms with Gasteiger partial charge in [0, 0.05) is 45.6 Å². The second-order valence-electron chi connectivity index (χ2n) is 7.87. The van der Waals surface area contributed by atoms with Gasteiger partial charge in [0.2, 0.25) is 0 Å². The van der Waals surface area contributed by atoms with Crippen LogP contribution < -0.4 is 15.5 Å². The smallest absolute Gasteiger partial charge is 0.191 e. The third-order valence-corrected chi connectivity index (χ3v) is 5.98. The first kappa shape index (κ1) is 20.9. The van der Waals surface area contributed by atoms with Crippen LogP contribution in [-0.2, 0) is 16.0 Å². The fourth-order valence-electron chi connectivity index (χ4n) is 4.04. The molecule has 2 N–H and O–H groups in total. The molecular formula is C22H36N4O2. The zero-order chi connectivity index (χ0) is 19.7. The Labute approximate surface area is 169 Å². The maximum Gasteiger partial charge on any atom is 0.191 e. The van der Waals surface area contributed by atoms with Gasteiger partial charge in [-0.15, -0.1) is 0 Å². The summed E-state index contributed by atoms with van der Waals surface area (Å²) < 4.78 is 10.8. The number of hydrogen-bond donors (Lipinski definition) is 2. The van der Waals surface area contributed by atoms with Crippen molar-refractivity contribution in [2.75, 3.05) is 58.0 Å². The summed E-state index contributed by atoms with van der Waals surface area (Å²) in [5, 5.41) is 6.99. The van der Waals surface area contributed by atoms with Gasteiger partial charge in [0.25, 0.3) is 0 Å². The molecule has 0 bridgehead atoms. The summed E-state index contributed by atoms with van der Waals surface area (Å²) >= 11 is 0. The van der Waals surface area contributed by atoms with Crippen molar-refractivity contribution >= 4 is 11.6 Å². The van der Waals surface area contributed by atoms with E-state index in [2.05, 4.69) is 46.7 Å². The van der Waals surface area contributed by atoms with Crippen LogP contribution in [0.5, 0.6) is 0 Å². The van der Waals surface area contributed by atoms with Gasteiger partial charge in [0.15, 0.2) is 5.96 Å². The SMILES string of the molecule is CCNC(=NCc1ccccc1N1CCOCC1)NCC1(CCOC)CCC1. The lowest BCUT2D eigenvalue weighted by molar-refractivity contribution is 0.0732. The molecule has 1 aliphatic carbocycles. The summed E-state index contributed by atoms with van der Waals surface area (Å²) in [6.07, 6.45) is 5.01. The van der Waals surface area contributed by atoms with Crippen molar-refractivity contribution in [3.63, 3.8) is 0 Å². The largest absolute Gasteiger partial charge is 0.385 e. The zero-order valence-electron chi connectivity index (χ0n) is 17.5. The summed E-state index contributed by atoms with van der Waals surface area (Å²) in [5.41, 5.74) is 2.91. The minimum atomic E-state index is 0.373. The van der Waals surface area contributed by atoms with Crippen molar-refractivity contribution in [3.8, 4) is 0 Å². The highest BCUT2D eigenvalue weighted by molar-refractivity contribution is 5.80. The minimum Gasteiger partial charge on any atom is -0.385 e. The number of morpholine rings is 1. The minimum absolute atomic E-state index is 0.373. The van der Waals surface area contributed by atoms with Gasteiger partial charge in [-0.2, -0.15) is 0 Å². The third-order valence-electron chi connectivity index (χ3n) is 5.98. The molecule has 1 aromatic rings. The second-order valence-corrected chi connectivity index (χ2v) is 7.87. The van der Waals surface area contributed by atoms with Gasteiger partial charge < -0.3 is 25.0 Å². The average Bonchev–Trinajstić information content (AvgIpc) is 2.71. The van der Waals surface area contributed by atoms with Crippen molar-refractivity contribution in [2.24, 2.45) is 10.4 Å². The number of anilines is 1. The highest BCUT2D eigenvalue weighted by Gasteiger charge is 2.36. The van der Waals surface area contributed by atoms with Crippen molar-refractivity contribution in [2.45, 2.75) is 39.2 Å². The first-order valence-electron chi connectivity index (χ1n) is 10.7. The van der Waals surface area contributed by atoms with Crippen LogP contribution in [-0.4, -0.2) is 59.1 Å². The van der Waals surface area contributed by atoms with Gasteiger partial charge in [-0.3, -0.25) is 0 Å². The molecule has 6 heteroatoms. The number of rotatable bonds is 9. The van der Waals surface area contributed by atoms with Gasteiger partial charge in [0.1, 0.15) is 0 Å². The monoisotopic (exact) mass is 388 g/mol. The Morgan fingerprint density at radius 3 is 2.68 bits per heavy atom. The normalized spacial score (nSPS) is 19.2. The first-order valence-corrected chi connectivity index (χ1v) is 10.7. The lowest BCUT2D eigenvalue weighted by Gasteiger charge is -2.42. The number of benzene rings is 1. The van der Waals surface area contributed by atoms with Crippen LogP contribution in [0.1, 0.15) is 38.2 Å². The molecular weight excluding hydrogens is 352 g/mol. The van der Waals surface area contributed by atoms with Crippen molar-refractivity contribution < 1.29 is 9.47 Å². The van der Waals surface area contributed by atoms with E-state index in [4.69, 9.17) is 14.5 Å². The summed E-state index contributed by atoms with van der Waals surface area (Å²) in [6.45, 7) is 8.94. The average molecular weight is 389 g/mol. The highest BCUT2D eigenvalue weighted by Crippen LogP contribution is 2.43. The molecule has 0 unspecified atom stereocenters. The van der Waals surface area contributed by atoms with Crippen LogP contribution in [0.3, 0.4) is 0 Å². The van der Waals surface area contributed by atoms with Gasteiger partial charge in [0.05, 0.1) is 19.8 Å². The number of methoxy groups -OCH3 is 1. The predicted molar refractivity (Wildman–Crippen MR) is 115 cm³/mol. The Morgan fingerprint density at radius 1 is 1.21 bits per heavy atom. The number of nitrogens with one attached hydrogen (secondary N) is 2. The molecule has 0 amide bonds. The van der Waals surface area contributed by atoms with E-state index >= 15 is 0 Å². The summed E-state index contributed by atoms with van der Waals surface area (Å²) in [6, 6.07) is 8.59. The molecule has 1 heterocycles. The van der Waals surface area contributed by atoms with Crippen LogP contribution in [0.25, 0.3) is 0 Å². The Balaban J connectivity index is 1.63. The van der Waals surface area contributed by atoms with E-state index in [1.165, 1.54) is 30.5 Å². The molecule has 0 atom stereocenters. The van der Waals surface area contributed by atoms with Gasteiger partial charge in [-0.25, -0.2) is 4.99 Å². The highest BCUT2D eigenvalue weighted by atomic mass is 16.5. The molecule has 2 fully saturated rings. The Kier molecular flexibility index (Phi) is 7.98. The van der Waals surface area contributed by atoms with Crippen molar-refractivity contribution in [1.82, 2.24) is 10.6 Å². The van der Waals surface area contributed by atoms with Crippen LogP contribution in [0.2, 0.25) is 0 Å². The van der Waals surface area contributed by atoms with Crippen LogP contribution in [0.15, 0.2) is 29.3 Å². The second kappa shape index (κ2) is 10.7. The molecule has 156 valence electrons. The number of hydrogen-bond acceptors (Lipinski definition) is 4. The molecule has 1 aromatic carbocycles. The maximum absolute atomic E-state index is 5.50. The lowest BCUT2D eigenvalue weighted by atomic mass is 9.67. The molecule has 0 aromatic heterocycles. The number of guanidine groups is 1. The predicted octanol–water partition coefficient (Wildman–Crippen LogP) is 2.79. The van der Waals surface area contributed by atoms with Crippen LogP contribution in [0.4, 0.5) is 5.69 Å². The summed E-state index contributed by atoms with van der Waals surface area (Å²) in [4.78, 5) is 7.29. The fraction of sp³-hybridized carbons (Fsp3) is 0.682. The summed E-state index contributed by atoms with van der Waals surface area (Å²) in [5.74, 6) is 0.906. The number of para-hydroxylation sites is 1. The van der Waals surface area contributed by atoms with Gasteiger partial charge in [-0.1, -0.05) is 24.6 Å². The molecule has 1 saturated carbocycles. The topological polar surface area (TPSA) is 58.1 Å². The van der Waals surface area contributed by atoms with E-state index in [9.17, 15) is 0 Å². The lowest BCUT2D eigenvalue weighted by Crippen LogP contribution is -2.47. The van der Waals surface area contributed by atoms with E-state index in [1.807, 2.05) is 0 Å². The molecule has 3 rings (SSSR count). The summed E-state index contributed by atoms with van der Waals surface area (Å²) in [7, 11) is 1.79. The van der Waals surface area contributed by atoms with E-state index < -0.39 is 0 Å². The standard InChI is InChI=1S/C22H36N4O2/c1-3-23-21(25-18-22(9-6-10-22)11-14-27-2)24-17-19-7-4-5-8-20(19)26-12-15-28-16-13-26/h4-5,7-8H,3,6,9-18H2,1-2H3,(H2,23,24,25). The van der Waals surface area contributed by atoms with E-state index in [-0.39, 0.29) is 0 Å². The van der Waals surface area contributed by atoms with Crippen LogP contribution >= 0.6 is 0 Å². The molecule has 2 aliphatic rings. The molecule has 1 aliphatic heterocycles. The molecule has 1 saturated heterocycles. The number of aliphatic imine (C=N–C) groups is 1. The Hall–Kier alpha value is -1.79. The molecule has 0 spiro atoms. The van der Waals surface area contributed by atoms with E-state index in [0.717, 1.165) is 58.4 Å². The fourth-order valence-corrected chi connectivity index (χ4v) is 4.04. The van der Waals surface area contributed by atoms with E-state index in [1.54, 1.807) is 7.11 Å². The molecule has 0 radical (unpaired) electrons. The number of ether oxygens (including phenoxy) is 2. The third kappa shape index (κ3) is 5.61. The Morgan fingerprint density at radius 2 is 2.00 bits per heavy atom. The van der Waals surface area contributed by atoms with Crippen molar-refractivity contribution in [1.29, 1.82) is 0 Å². The molecule has 6 nitrogen and oxygen atoms in total. The van der Waals surface area contributed by atoms with Crippen LogP contribution in [0, 0.1) is 5.41 Å². The van der Waals surface area contributed by atoms with Crippen molar-refractivity contribution in [3.05, 3.63) is 29.8 Å². The maximum atomic E-state index is 5.50. The van der Waals surface area contributed by atoms with E-state index in [0.29, 0.717) is 12.0 Å². The van der Waals surface area contributed by atoms with Gasteiger partial charge in [-0.05, 0) is 43.2 Å². The Bertz CT molecular complexity index is 625.